The van der Waals surface area contributed by atoms with E-state index in [9.17, 15) is 9.59 Å². The number of nitrogens with one attached hydrogen (secondary N) is 1. The Morgan fingerprint density at radius 3 is 2.35 bits per heavy atom. The van der Waals surface area contributed by atoms with Crippen molar-refractivity contribution in [2.45, 2.75) is 72.1 Å². The van der Waals surface area contributed by atoms with Crippen LogP contribution >= 0.6 is 0 Å². The Morgan fingerprint density at radius 1 is 1.25 bits per heavy atom. The summed E-state index contributed by atoms with van der Waals surface area (Å²) in [5, 5.41) is 2.98. The highest BCUT2D eigenvalue weighted by molar-refractivity contribution is 5.86. The van der Waals surface area contributed by atoms with E-state index in [1.54, 1.807) is 4.90 Å². The Bertz CT molecular complexity index is 361. The highest BCUT2D eigenvalue weighted by Crippen LogP contribution is 2.21. The summed E-state index contributed by atoms with van der Waals surface area (Å²) >= 11 is 0. The van der Waals surface area contributed by atoms with Crippen molar-refractivity contribution in [3.63, 3.8) is 0 Å². The monoisotopic (exact) mass is 284 g/mol. The number of carbonyl (C=O) groups is 2. The van der Waals surface area contributed by atoms with Gasteiger partial charge in [0.25, 0.3) is 0 Å². The fraction of sp³-hybridized carbons (Fsp3) is 0.867. The number of rotatable bonds is 3. The molecule has 5 nitrogen and oxygen atoms in total. The molecule has 0 radical (unpaired) electrons. The molecular weight excluding hydrogens is 256 g/mol. The number of amides is 2. The number of hydrogen-bond donors (Lipinski definition) is 1. The van der Waals surface area contributed by atoms with E-state index in [1.807, 2.05) is 27.7 Å². The van der Waals surface area contributed by atoms with Crippen LogP contribution in [-0.4, -0.2) is 41.1 Å². The van der Waals surface area contributed by atoms with E-state index < -0.39 is 17.7 Å². The summed E-state index contributed by atoms with van der Waals surface area (Å²) in [7, 11) is 0. The number of nitrogens with zero attached hydrogens (tertiary/aromatic N) is 1. The molecule has 0 aliphatic carbocycles. The Labute approximate surface area is 122 Å². The summed E-state index contributed by atoms with van der Waals surface area (Å²) in [6.45, 7) is 12.2. The third-order valence-electron chi connectivity index (χ3n) is 3.55. The third kappa shape index (κ3) is 4.69. The zero-order chi connectivity index (χ0) is 15.5. The van der Waals surface area contributed by atoms with Gasteiger partial charge in [0, 0.05) is 12.6 Å². The Kier molecular flexibility index (Phi) is 5.42. The predicted molar refractivity (Wildman–Crippen MR) is 78.4 cm³/mol. The van der Waals surface area contributed by atoms with Gasteiger partial charge in [-0.1, -0.05) is 13.8 Å². The van der Waals surface area contributed by atoms with Gasteiger partial charge in [-0.05, 0) is 46.5 Å². The molecule has 2 unspecified atom stereocenters. The normalized spacial score (nSPS) is 20.9. The molecule has 1 fully saturated rings. The first-order chi connectivity index (χ1) is 9.11. The minimum atomic E-state index is -0.536. The van der Waals surface area contributed by atoms with Gasteiger partial charge in [0.2, 0.25) is 5.91 Å². The molecule has 1 saturated heterocycles. The van der Waals surface area contributed by atoms with E-state index in [2.05, 4.69) is 19.2 Å². The van der Waals surface area contributed by atoms with Crippen LogP contribution in [0.1, 0.15) is 54.4 Å². The second-order valence-corrected chi connectivity index (χ2v) is 6.87. The number of ether oxygens (including phenoxy) is 1. The van der Waals surface area contributed by atoms with Crippen LogP contribution in [0.15, 0.2) is 0 Å². The summed E-state index contributed by atoms with van der Waals surface area (Å²) in [4.78, 5) is 25.9. The molecule has 0 bridgehead atoms. The highest BCUT2D eigenvalue weighted by atomic mass is 16.6. The average Bonchev–Trinajstić information content (AvgIpc) is 2.74. The Morgan fingerprint density at radius 2 is 1.85 bits per heavy atom. The molecule has 1 aliphatic heterocycles. The number of hydrogen-bond acceptors (Lipinski definition) is 3. The van der Waals surface area contributed by atoms with Crippen molar-refractivity contribution in [3.05, 3.63) is 0 Å². The van der Waals surface area contributed by atoms with E-state index in [4.69, 9.17) is 4.74 Å². The summed E-state index contributed by atoms with van der Waals surface area (Å²) in [6, 6.07) is -0.297. The molecule has 5 heteroatoms. The second kappa shape index (κ2) is 6.46. The topological polar surface area (TPSA) is 58.6 Å². The molecule has 20 heavy (non-hydrogen) atoms. The van der Waals surface area contributed by atoms with Crippen LogP contribution in [0.3, 0.4) is 0 Å². The molecular formula is C15H28N2O3. The molecule has 1 heterocycles. The lowest BCUT2D eigenvalue weighted by Gasteiger charge is -2.29. The van der Waals surface area contributed by atoms with Gasteiger partial charge >= 0.3 is 6.09 Å². The summed E-state index contributed by atoms with van der Waals surface area (Å²) in [5.41, 5.74) is -0.536. The minimum Gasteiger partial charge on any atom is -0.444 e. The maximum atomic E-state index is 12.3. The van der Waals surface area contributed by atoms with E-state index in [0.29, 0.717) is 18.9 Å². The van der Waals surface area contributed by atoms with Gasteiger partial charge in [-0.25, -0.2) is 4.79 Å². The highest BCUT2D eigenvalue weighted by Gasteiger charge is 2.36. The predicted octanol–water partition coefficient (Wildman–Crippen LogP) is 2.55. The van der Waals surface area contributed by atoms with Crippen LogP contribution in [0, 0.1) is 5.92 Å². The van der Waals surface area contributed by atoms with Gasteiger partial charge in [0.1, 0.15) is 11.6 Å². The summed E-state index contributed by atoms with van der Waals surface area (Å²) < 4.78 is 5.36. The Hall–Kier alpha value is -1.26. The zero-order valence-corrected chi connectivity index (χ0v) is 13.5. The molecule has 116 valence electrons. The van der Waals surface area contributed by atoms with E-state index >= 15 is 0 Å². The van der Waals surface area contributed by atoms with Crippen molar-refractivity contribution in [3.8, 4) is 0 Å². The molecule has 0 spiro atoms. The lowest BCUT2D eigenvalue weighted by atomic mass is 10.1. The first kappa shape index (κ1) is 16.8. The van der Waals surface area contributed by atoms with Gasteiger partial charge in [0.15, 0.2) is 0 Å². The van der Waals surface area contributed by atoms with E-state index in [-0.39, 0.29) is 11.9 Å². The van der Waals surface area contributed by atoms with Crippen molar-refractivity contribution < 1.29 is 14.3 Å². The van der Waals surface area contributed by atoms with E-state index in [1.165, 1.54) is 0 Å². The molecule has 0 aromatic rings. The van der Waals surface area contributed by atoms with Crippen LogP contribution in [-0.2, 0) is 9.53 Å². The van der Waals surface area contributed by atoms with Crippen molar-refractivity contribution in [1.82, 2.24) is 10.2 Å². The van der Waals surface area contributed by atoms with Gasteiger partial charge in [-0.2, -0.15) is 0 Å². The van der Waals surface area contributed by atoms with Gasteiger partial charge in [-0.3, -0.25) is 9.69 Å². The standard InChI is InChI=1S/C15H28N2O3/c1-10(2)11(3)16-13(18)12-8-7-9-17(12)14(19)20-15(4,5)6/h10-12H,7-9H2,1-6H3,(H,16,18). The minimum absolute atomic E-state index is 0.0745. The fourth-order valence-corrected chi connectivity index (χ4v) is 2.07. The smallest absolute Gasteiger partial charge is 0.410 e. The van der Waals surface area contributed by atoms with Crippen LogP contribution in [0.5, 0.6) is 0 Å². The fourth-order valence-electron chi connectivity index (χ4n) is 2.07. The molecule has 1 aliphatic rings. The Balaban J connectivity index is 2.65. The first-order valence-corrected chi connectivity index (χ1v) is 7.42. The van der Waals surface area contributed by atoms with Crippen LogP contribution in [0.4, 0.5) is 4.79 Å². The molecule has 0 aromatic carbocycles. The van der Waals surface area contributed by atoms with Crippen LogP contribution in [0.25, 0.3) is 0 Å². The third-order valence-corrected chi connectivity index (χ3v) is 3.55. The quantitative estimate of drug-likeness (QED) is 0.866. The first-order valence-electron chi connectivity index (χ1n) is 7.42. The maximum Gasteiger partial charge on any atom is 0.410 e. The molecule has 2 amide bonds. The van der Waals surface area contributed by atoms with Crippen LogP contribution < -0.4 is 5.32 Å². The zero-order valence-electron chi connectivity index (χ0n) is 13.5. The molecule has 0 aromatic heterocycles. The van der Waals surface area contributed by atoms with Crippen LogP contribution in [0.2, 0.25) is 0 Å². The second-order valence-electron chi connectivity index (χ2n) is 6.87. The SMILES string of the molecule is CC(C)C(C)NC(=O)C1CCCN1C(=O)OC(C)(C)C. The molecule has 1 rings (SSSR count). The largest absolute Gasteiger partial charge is 0.444 e. The lowest BCUT2D eigenvalue weighted by Crippen LogP contribution is -2.50. The number of carbonyl (C=O) groups excluding carboxylic acids is 2. The van der Waals surface area contributed by atoms with Gasteiger partial charge in [-0.15, -0.1) is 0 Å². The van der Waals surface area contributed by atoms with Crippen molar-refractivity contribution in [1.29, 1.82) is 0 Å². The molecule has 2 atom stereocenters. The van der Waals surface area contributed by atoms with Crippen molar-refractivity contribution in [2.24, 2.45) is 5.92 Å². The van der Waals surface area contributed by atoms with Gasteiger partial charge < -0.3 is 10.1 Å². The lowest BCUT2D eigenvalue weighted by molar-refractivity contribution is -0.126. The van der Waals surface area contributed by atoms with E-state index in [0.717, 1.165) is 6.42 Å². The molecule has 0 saturated carbocycles. The molecule has 1 N–H and O–H groups in total. The van der Waals surface area contributed by atoms with Crippen molar-refractivity contribution in [2.75, 3.05) is 6.54 Å². The summed E-state index contributed by atoms with van der Waals surface area (Å²) in [6.07, 6.45) is 1.15. The number of likely N-dealkylation sites (tertiary alicyclic amines) is 1. The average molecular weight is 284 g/mol. The van der Waals surface area contributed by atoms with Gasteiger partial charge in [0.05, 0.1) is 0 Å². The summed E-state index contributed by atoms with van der Waals surface area (Å²) in [5.74, 6) is 0.296. The maximum absolute atomic E-state index is 12.3. The van der Waals surface area contributed by atoms with Crippen molar-refractivity contribution >= 4 is 12.0 Å².